The molecular weight excluding hydrogens is 530 g/mol. The SMILES string of the molecule is CCOC(=O)[C@]12CO[C@H](C(C)(C)C)N1C(=O)C(C(CC13CC4CC(CC(C4)C1)C3)=NC(C)CCCN(CC)CC)=C2O. The highest BCUT2D eigenvalue weighted by Gasteiger charge is 2.67. The molecule has 1 unspecified atom stereocenters. The molecule has 8 nitrogen and oxygen atoms in total. The van der Waals surface area contributed by atoms with Crippen molar-refractivity contribution in [1.82, 2.24) is 9.80 Å². The van der Waals surface area contributed by atoms with Crippen LogP contribution >= 0.6 is 0 Å². The van der Waals surface area contributed by atoms with Crippen LogP contribution in [0, 0.1) is 28.6 Å². The monoisotopic (exact) mass is 585 g/mol. The Labute approximate surface area is 253 Å². The van der Waals surface area contributed by atoms with Crippen LogP contribution in [0.25, 0.3) is 0 Å². The van der Waals surface area contributed by atoms with E-state index in [-0.39, 0.29) is 41.9 Å². The molecule has 1 amide bonds. The Morgan fingerprint density at radius 3 is 2.24 bits per heavy atom. The Morgan fingerprint density at radius 1 is 1.12 bits per heavy atom. The number of hydrogen-bond donors (Lipinski definition) is 1. The lowest BCUT2D eigenvalue weighted by atomic mass is 9.48. The van der Waals surface area contributed by atoms with Gasteiger partial charge in [0.15, 0.2) is 0 Å². The normalized spacial score (nSPS) is 35.0. The maximum Gasteiger partial charge on any atom is 0.342 e. The maximum absolute atomic E-state index is 14.5. The third kappa shape index (κ3) is 5.55. The first-order chi connectivity index (χ1) is 19.9. The summed E-state index contributed by atoms with van der Waals surface area (Å²) < 4.78 is 11.6. The van der Waals surface area contributed by atoms with Crippen molar-refractivity contribution in [3.63, 3.8) is 0 Å². The number of nitrogens with zero attached hydrogens (tertiary/aromatic N) is 3. The Morgan fingerprint density at radius 2 is 1.71 bits per heavy atom. The minimum absolute atomic E-state index is 0.00113. The number of rotatable bonds is 12. The number of amides is 1. The molecular formula is C34H55N3O5. The molecule has 1 N–H and O–H groups in total. The largest absolute Gasteiger partial charge is 0.508 e. The van der Waals surface area contributed by atoms with E-state index in [1.54, 1.807) is 6.92 Å². The number of aliphatic hydroxyl groups excluding tert-OH is 1. The lowest BCUT2D eigenvalue weighted by Crippen LogP contribution is -2.57. The van der Waals surface area contributed by atoms with E-state index in [1.807, 2.05) is 20.8 Å². The van der Waals surface area contributed by atoms with Crippen LogP contribution in [-0.2, 0) is 19.1 Å². The molecule has 6 aliphatic rings. The topological polar surface area (TPSA) is 91.7 Å². The highest BCUT2D eigenvalue weighted by Crippen LogP contribution is 2.62. The number of esters is 1. The summed E-state index contributed by atoms with van der Waals surface area (Å²) in [6.07, 6.45) is 9.50. The molecule has 3 atom stereocenters. The van der Waals surface area contributed by atoms with Gasteiger partial charge >= 0.3 is 5.97 Å². The standard InChI is InChI=1S/C34H55N3O5/c1-8-36(9-2)13-11-12-22(4)35-26(20-33-17-23-14-24(18-33)16-25(15-23)19-33)27-28(38)34(31(40)41-10-3)21-42-30(32(5,6)7)37(34)29(27)39/h22-25,30,38H,8-21H2,1-7H3/t22?,23?,24?,25?,30-,33?,34-/m1/s1. The van der Waals surface area contributed by atoms with Gasteiger partial charge in [-0.05, 0) is 114 Å². The van der Waals surface area contributed by atoms with Crippen molar-refractivity contribution >= 4 is 17.6 Å². The zero-order chi connectivity index (χ0) is 30.4. The first kappa shape index (κ1) is 31.5. The van der Waals surface area contributed by atoms with Crippen LogP contribution in [0.1, 0.15) is 106 Å². The lowest BCUT2D eigenvalue weighted by molar-refractivity contribution is -0.160. The molecule has 236 valence electrons. The molecule has 8 heteroatoms. The number of hydrogen-bond acceptors (Lipinski definition) is 7. The summed E-state index contributed by atoms with van der Waals surface area (Å²) in [7, 11) is 0. The predicted octanol–water partition coefficient (Wildman–Crippen LogP) is 5.90. The van der Waals surface area contributed by atoms with Crippen LogP contribution in [0.2, 0.25) is 0 Å². The molecule has 42 heavy (non-hydrogen) atoms. The molecule has 0 aromatic heterocycles. The van der Waals surface area contributed by atoms with Crippen molar-refractivity contribution in [3.8, 4) is 0 Å². The average molecular weight is 586 g/mol. The molecule has 1 saturated heterocycles. The smallest absolute Gasteiger partial charge is 0.342 e. The Bertz CT molecular complexity index is 1070. The van der Waals surface area contributed by atoms with Crippen molar-refractivity contribution in [2.45, 2.75) is 124 Å². The van der Waals surface area contributed by atoms with Gasteiger partial charge in [0, 0.05) is 11.5 Å². The van der Waals surface area contributed by atoms with E-state index in [4.69, 9.17) is 14.5 Å². The highest BCUT2D eigenvalue weighted by molar-refractivity contribution is 6.26. The van der Waals surface area contributed by atoms with Gasteiger partial charge in [-0.15, -0.1) is 0 Å². The zero-order valence-electron chi connectivity index (χ0n) is 27.2. The fourth-order valence-corrected chi connectivity index (χ4v) is 9.38. The van der Waals surface area contributed by atoms with Crippen LogP contribution in [-0.4, -0.2) is 83.2 Å². The van der Waals surface area contributed by atoms with Crippen LogP contribution in [0.5, 0.6) is 0 Å². The number of fused-ring (bicyclic) bond motifs is 1. The van der Waals surface area contributed by atoms with Gasteiger partial charge in [0.05, 0.1) is 18.9 Å². The van der Waals surface area contributed by atoms with E-state index < -0.39 is 23.2 Å². The number of carbonyl (C=O) groups is 2. The Kier molecular flexibility index (Phi) is 8.90. The summed E-state index contributed by atoms with van der Waals surface area (Å²) in [6.45, 7) is 17.3. The van der Waals surface area contributed by atoms with E-state index in [9.17, 15) is 14.7 Å². The van der Waals surface area contributed by atoms with Crippen molar-refractivity contribution in [2.24, 2.45) is 33.6 Å². The molecule has 0 spiro atoms. The number of aliphatic hydroxyl groups is 1. The lowest BCUT2D eigenvalue weighted by Gasteiger charge is -2.57. The summed E-state index contributed by atoms with van der Waals surface area (Å²) in [5.41, 5.74) is -1.08. The summed E-state index contributed by atoms with van der Waals surface area (Å²) in [6, 6.07) is 0.00113. The van der Waals surface area contributed by atoms with Crippen molar-refractivity contribution in [1.29, 1.82) is 0 Å². The number of carbonyl (C=O) groups excluding carboxylic acids is 2. The van der Waals surface area contributed by atoms with Gasteiger partial charge in [0.2, 0.25) is 5.54 Å². The quantitative estimate of drug-likeness (QED) is 0.226. The van der Waals surface area contributed by atoms with E-state index in [1.165, 1.54) is 43.4 Å². The molecule has 0 radical (unpaired) electrons. The number of aliphatic imine (C=N–C) groups is 1. The van der Waals surface area contributed by atoms with Crippen LogP contribution in [0.4, 0.5) is 0 Å². The molecule has 4 aliphatic carbocycles. The second-order valence-electron chi connectivity index (χ2n) is 15.2. The van der Waals surface area contributed by atoms with E-state index in [2.05, 4.69) is 25.7 Å². The van der Waals surface area contributed by atoms with Gasteiger partial charge in [0.1, 0.15) is 17.6 Å². The van der Waals surface area contributed by atoms with E-state index in [0.717, 1.165) is 50.2 Å². The van der Waals surface area contributed by atoms with Crippen LogP contribution < -0.4 is 0 Å². The van der Waals surface area contributed by atoms with Gasteiger partial charge in [-0.2, -0.15) is 0 Å². The second kappa shape index (κ2) is 11.9. The molecule has 4 saturated carbocycles. The highest BCUT2D eigenvalue weighted by atomic mass is 16.6. The molecule has 0 aromatic carbocycles. The van der Waals surface area contributed by atoms with Gasteiger partial charge in [-0.1, -0.05) is 34.6 Å². The third-order valence-electron chi connectivity index (χ3n) is 10.9. The van der Waals surface area contributed by atoms with Gasteiger partial charge in [-0.25, -0.2) is 4.79 Å². The van der Waals surface area contributed by atoms with E-state index >= 15 is 0 Å². The summed E-state index contributed by atoms with van der Waals surface area (Å²) in [5.74, 6) is 1.09. The molecule has 5 fully saturated rings. The molecule has 0 aromatic rings. The van der Waals surface area contributed by atoms with Crippen LogP contribution in [0.3, 0.4) is 0 Å². The van der Waals surface area contributed by atoms with Crippen molar-refractivity contribution in [2.75, 3.05) is 32.8 Å². The second-order valence-corrected chi connectivity index (χ2v) is 15.2. The molecule has 4 bridgehead atoms. The zero-order valence-corrected chi connectivity index (χ0v) is 27.2. The fourth-order valence-electron chi connectivity index (χ4n) is 9.38. The van der Waals surface area contributed by atoms with E-state index in [0.29, 0.717) is 12.1 Å². The molecule has 2 aliphatic heterocycles. The van der Waals surface area contributed by atoms with Gasteiger partial charge in [0.25, 0.3) is 5.91 Å². The summed E-state index contributed by atoms with van der Waals surface area (Å²) in [5, 5.41) is 12.0. The molecule has 6 rings (SSSR count). The third-order valence-corrected chi connectivity index (χ3v) is 10.9. The Hall–Kier alpha value is -1.93. The fraction of sp³-hybridized carbons (Fsp3) is 0.853. The summed E-state index contributed by atoms with van der Waals surface area (Å²) >= 11 is 0. The Balaban J connectivity index is 1.53. The minimum Gasteiger partial charge on any atom is -0.508 e. The first-order valence-electron chi connectivity index (χ1n) is 16.7. The summed E-state index contributed by atoms with van der Waals surface area (Å²) in [4.78, 5) is 37.3. The average Bonchev–Trinajstić information content (AvgIpc) is 3.41. The molecule has 2 heterocycles. The van der Waals surface area contributed by atoms with Gasteiger partial charge < -0.3 is 19.5 Å². The predicted molar refractivity (Wildman–Crippen MR) is 164 cm³/mol. The number of ether oxygens (including phenoxy) is 2. The minimum atomic E-state index is -1.66. The first-order valence-corrected chi connectivity index (χ1v) is 16.7. The van der Waals surface area contributed by atoms with Crippen molar-refractivity contribution in [3.05, 3.63) is 11.3 Å². The van der Waals surface area contributed by atoms with Gasteiger partial charge in [-0.3, -0.25) is 14.7 Å². The van der Waals surface area contributed by atoms with Crippen LogP contribution in [0.15, 0.2) is 16.3 Å². The maximum atomic E-state index is 14.5. The van der Waals surface area contributed by atoms with Crippen molar-refractivity contribution < 1.29 is 24.2 Å².